The number of carbonyl (C=O) groups is 1. The molecule has 0 fully saturated rings. The van der Waals surface area contributed by atoms with E-state index in [-0.39, 0.29) is 0 Å². The van der Waals surface area contributed by atoms with E-state index >= 15 is 0 Å². The summed E-state index contributed by atoms with van der Waals surface area (Å²) in [6, 6.07) is 7.07. The average molecular weight is 150 g/mol. The van der Waals surface area contributed by atoms with Gasteiger partial charge in [-0.1, -0.05) is 18.2 Å². The van der Waals surface area contributed by atoms with Crippen LogP contribution >= 0.6 is 0 Å². The molecular formula is C8H8NO2. The monoisotopic (exact) mass is 150 g/mol. The Balaban J connectivity index is 2.86. The number of benzene rings is 1. The summed E-state index contributed by atoms with van der Waals surface area (Å²) in [4.78, 5) is 10.2. The third kappa shape index (κ3) is 1.97. The van der Waals surface area contributed by atoms with Crippen LogP contribution in [-0.2, 0) is 0 Å². The molecule has 0 spiro atoms. The lowest BCUT2D eigenvalue weighted by Crippen LogP contribution is -2.06. The van der Waals surface area contributed by atoms with Crippen LogP contribution in [0.3, 0.4) is 0 Å². The molecule has 0 aromatic heterocycles. The van der Waals surface area contributed by atoms with Gasteiger partial charge in [0.05, 0.1) is 0 Å². The van der Waals surface area contributed by atoms with E-state index in [4.69, 9.17) is 5.73 Å². The first kappa shape index (κ1) is 7.60. The van der Waals surface area contributed by atoms with E-state index < -0.39 is 6.09 Å². The van der Waals surface area contributed by atoms with Gasteiger partial charge in [-0.05, 0) is 18.6 Å². The molecule has 3 nitrogen and oxygen atoms in total. The van der Waals surface area contributed by atoms with E-state index in [9.17, 15) is 4.79 Å². The van der Waals surface area contributed by atoms with Crippen molar-refractivity contribution in [2.24, 2.45) is 0 Å². The number of hydrogen-bond donors (Lipinski definition) is 0. The highest BCUT2D eigenvalue weighted by atomic mass is 16.5. The molecule has 0 saturated carbocycles. The molecule has 0 saturated heterocycles. The van der Waals surface area contributed by atoms with E-state index in [2.05, 4.69) is 4.74 Å². The van der Waals surface area contributed by atoms with Crippen LogP contribution in [0, 0.1) is 6.92 Å². The van der Waals surface area contributed by atoms with E-state index in [1.807, 2.05) is 19.1 Å². The van der Waals surface area contributed by atoms with Gasteiger partial charge in [0.15, 0.2) is 0 Å². The maximum absolute atomic E-state index is 10.2. The second-order valence-corrected chi connectivity index (χ2v) is 2.16. The summed E-state index contributed by atoms with van der Waals surface area (Å²) in [6.45, 7) is 1.82. The Hall–Kier alpha value is -1.51. The van der Waals surface area contributed by atoms with E-state index in [1.165, 1.54) is 0 Å². The Morgan fingerprint density at radius 1 is 1.45 bits per heavy atom. The van der Waals surface area contributed by atoms with Crippen LogP contribution in [0.15, 0.2) is 24.3 Å². The summed E-state index contributed by atoms with van der Waals surface area (Å²) in [5, 5.41) is 0. The minimum Gasteiger partial charge on any atom is -0.409 e. The highest BCUT2D eigenvalue weighted by Gasteiger charge is 2.00. The lowest BCUT2D eigenvalue weighted by atomic mass is 10.2. The molecule has 1 aromatic rings. The summed E-state index contributed by atoms with van der Waals surface area (Å²) in [6.07, 6.45) is -1.03. The van der Waals surface area contributed by atoms with Crippen molar-refractivity contribution >= 4 is 6.09 Å². The molecule has 1 N–H and O–H groups in total. The van der Waals surface area contributed by atoms with Crippen LogP contribution in [0.1, 0.15) is 5.56 Å². The Morgan fingerprint density at radius 3 is 2.64 bits per heavy atom. The van der Waals surface area contributed by atoms with Gasteiger partial charge in [-0.2, -0.15) is 0 Å². The number of hydrogen-bond acceptors (Lipinski definition) is 2. The van der Waals surface area contributed by atoms with Gasteiger partial charge in [0.2, 0.25) is 0 Å². The molecule has 1 rings (SSSR count). The van der Waals surface area contributed by atoms with Crippen molar-refractivity contribution in [1.82, 2.24) is 5.73 Å². The van der Waals surface area contributed by atoms with Gasteiger partial charge in [0.25, 0.3) is 0 Å². The first-order valence-electron chi connectivity index (χ1n) is 3.19. The normalized spacial score (nSPS) is 9.18. The highest BCUT2D eigenvalue weighted by Crippen LogP contribution is 2.15. The minimum absolute atomic E-state index is 0.451. The molecule has 0 aliphatic carbocycles. The first-order valence-corrected chi connectivity index (χ1v) is 3.19. The molecule has 1 amide bonds. The van der Waals surface area contributed by atoms with Gasteiger partial charge in [-0.15, -0.1) is 0 Å². The van der Waals surface area contributed by atoms with Crippen LogP contribution in [0.4, 0.5) is 4.79 Å². The van der Waals surface area contributed by atoms with Gasteiger partial charge in [-0.25, -0.2) is 10.5 Å². The van der Waals surface area contributed by atoms with Gasteiger partial charge in [-0.3, -0.25) is 0 Å². The van der Waals surface area contributed by atoms with Crippen molar-refractivity contribution < 1.29 is 9.53 Å². The fourth-order valence-electron chi connectivity index (χ4n) is 0.771. The molecule has 57 valence electrons. The molecule has 3 heteroatoms. The molecule has 0 aliphatic rings. The van der Waals surface area contributed by atoms with Crippen molar-refractivity contribution in [1.29, 1.82) is 0 Å². The van der Waals surface area contributed by atoms with Crippen molar-refractivity contribution in [3.63, 3.8) is 0 Å². The Kier molecular flexibility index (Phi) is 2.11. The zero-order chi connectivity index (χ0) is 8.27. The summed E-state index contributed by atoms with van der Waals surface area (Å²) in [5.74, 6) is 0.451. The standard InChI is InChI=1S/C8H8NO2/c1-6-4-2-3-5-7(6)11-8(9)10/h2-5,9H,1H3. The Bertz CT molecular complexity index is 271. The number of ether oxygens (including phenoxy) is 1. The largest absolute Gasteiger partial charge is 0.431 e. The molecule has 0 aliphatic heterocycles. The molecule has 0 bridgehead atoms. The van der Waals surface area contributed by atoms with Crippen LogP contribution in [0.5, 0.6) is 5.75 Å². The van der Waals surface area contributed by atoms with E-state index in [0.29, 0.717) is 5.75 Å². The molecule has 0 heterocycles. The first-order chi connectivity index (χ1) is 5.20. The molecule has 0 atom stereocenters. The number of amides is 1. The second kappa shape index (κ2) is 3.05. The summed E-state index contributed by atoms with van der Waals surface area (Å²) in [5.41, 5.74) is 7.41. The molecule has 1 radical (unpaired) electrons. The summed E-state index contributed by atoms with van der Waals surface area (Å²) >= 11 is 0. The third-order valence-corrected chi connectivity index (χ3v) is 1.30. The molecular weight excluding hydrogens is 142 g/mol. The highest BCUT2D eigenvalue weighted by molar-refractivity contribution is 5.67. The van der Waals surface area contributed by atoms with Crippen LogP contribution < -0.4 is 10.5 Å². The van der Waals surface area contributed by atoms with Crippen molar-refractivity contribution in [2.75, 3.05) is 0 Å². The van der Waals surface area contributed by atoms with Gasteiger partial charge in [0, 0.05) is 0 Å². The lowest BCUT2D eigenvalue weighted by Gasteiger charge is -2.01. The number of carbonyl (C=O) groups excluding carboxylic acids is 1. The summed E-state index contributed by atoms with van der Waals surface area (Å²) < 4.78 is 4.57. The SMILES string of the molecule is Cc1ccccc1OC([NH])=O. The number of nitrogens with one attached hydrogen (secondary N) is 1. The fraction of sp³-hybridized carbons (Fsp3) is 0.125. The lowest BCUT2D eigenvalue weighted by molar-refractivity contribution is 0.209. The van der Waals surface area contributed by atoms with E-state index in [0.717, 1.165) is 5.56 Å². The zero-order valence-corrected chi connectivity index (χ0v) is 6.13. The Labute approximate surface area is 64.8 Å². The predicted molar refractivity (Wildman–Crippen MR) is 40.3 cm³/mol. The van der Waals surface area contributed by atoms with Gasteiger partial charge >= 0.3 is 6.09 Å². The predicted octanol–water partition coefficient (Wildman–Crippen LogP) is 1.78. The van der Waals surface area contributed by atoms with Gasteiger partial charge < -0.3 is 4.74 Å². The van der Waals surface area contributed by atoms with Crippen LogP contribution in [-0.4, -0.2) is 6.09 Å². The topological polar surface area (TPSA) is 50.1 Å². The Morgan fingerprint density at radius 2 is 2.09 bits per heavy atom. The fourth-order valence-corrected chi connectivity index (χ4v) is 0.771. The molecule has 11 heavy (non-hydrogen) atoms. The quantitative estimate of drug-likeness (QED) is 0.612. The number of para-hydroxylation sites is 1. The maximum Gasteiger partial charge on any atom is 0.431 e. The van der Waals surface area contributed by atoms with Crippen LogP contribution in [0.2, 0.25) is 0 Å². The van der Waals surface area contributed by atoms with Crippen molar-refractivity contribution in [3.8, 4) is 5.75 Å². The molecule has 1 aromatic carbocycles. The minimum atomic E-state index is -1.03. The third-order valence-electron chi connectivity index (χ3n) is 1.30. The summed E-state index contributed by atoms with van der Waals surface area (Å²) in [7, 11) is 0. The smallest absolute Gasteiger partial charge is 0.409 e. The zero-order valence-electron chi connectivity index (χ0n) is 6.13. The van der Waals surface area contributed by atoms with E-state index in [1.54, 1.807) is 12.1 Å². The number of aryl methyl sites for hydroxylation is 1. The average Bonchev–Trinajstić information content (AvgIpc) is 1.93. The van der Waals surface area contributed by atoms with Gasteiger partial charge in [0.1, 0.15) is 5.75 Å². The maximum atomic E-state index is 10.2. The number of rotatable bonds is 1. The van der Waals surface area contributed by atoms with Crippen molar-refractivity contribution in [3.05, 3.63) is 29.8 Å². The second-order valence-electron chi connectivity index (χ2n) is 2.16. The van der Waals surface area contributed by atoms with Crippen molar-refractivity contribution in [2.45, 2.75) is 6.92 Å². The molecule has 0 unspecified atom stereocenters. The van der Waals surface area contributed by atoms with Crippen LogP contribution in [0.25, 0.3) is 0 Å².